The van der Waals surface area contributed by atoms with Gasteiger partial charge in [0.1, 0.15) is 17.4 Å². The summed E-state index contributed by atoms with van der Waals surface area (Å²) in [4.78, 5) is 12.5. The van der Waals surface area contributed by atoms with Crippen LogP contribution >= 0.6 is 0 Å². The molecule has 0 bridgehead atoms. The van der Waals surface area contributed by atoms with Gasteiger partial charge in [0.2, 0.25) is 0 Å². The Balaban J connectivity index is 1.65. The lowest BCUT2D eigenvalue weighted by Crippen LogP contribution is -2.35. The molecule has 146 valence electrons. The number of ether oxygens (including phenoxy) is 1. The molecule has 0 aliphatic carbocycles. The summed E-state index contributed by atoms with van der Waals surface area (Å²) in [5.41, 5.74) is 4.44. The van der Waals surface area contributed by atoms with Crippen LogP contribution in [0.3, 0.4) is 0 Å². The minimum Gasteiger partial charge on any atom is -0.493 e. The van der Waals surface area contributed by atoms with Crippen molar-refractivity contribution in [3.8, 4) is 11.8 Å². The highest BCUT2D eigenvalue weighted by molar-refractivity contribution is 6.01. The summed E-state index contributed by atoms with van der Waals surface area (Å²) >= 11 is 0. The number of aryl methyl sites for hydroxylation is 1. The van der Waals surface area contributed by atoms with Crippen molar-refractivity contribution in [1.29, 1.82) is 5.26 Å². The van der Waals surface area contributed by atoms with Gasteiger partial charge in [0.15, 0.2) is 0 Å². The molecular formula is C23H27N3O2. The van der Waals surface area contributed by atoms with Crippen molar-refractivity contribution < 1.29 is 9.53 Å². The van der Waals surface area contributed by atoms with Crippen molar-refractivity contribution >= 4 is 12.0 Å². The average molecular weight is 377 g/mol. The third-order valence-corrected chi connectivity index (χ3v) is 5.23. The van der Waals surface area contributed by atoms with Crippen molar-refractivity contribution in [2.75, 3.05) is 13.2 Å². The summed E-state index contributed by atoms with van der Waals surface area (Å²) in [7, 11) is 0. The maximum atomic E-state index is 12.5. The van der Waals surface area contributed by atoms with E-state index in [-0.39, 0.29) is 17.4 Å². The molecule has 1 aromatic heterocycles. The molecule has 28 heavy (non-hydrogen) atoms. The number of carbonyl (C=O) groups is 1. The zero-order valence-electron chi connectivity index (χ0n) is 16.8. The monoisotopic (exact) mass is 377 g/mol. The number of fused-ring (bicyclic) bond motifs is 1. The number of aromatic nitrogens is 1. The minimum atomic E-state index is -0.332. The van der Waals surface area contributed by atoms with Crippen LogP contribution in [0.15, 0.2) is 35.9 Å². The van der Waals surface area contributed by atoms with Gasteiger partial charge in [-0.25, -0.2) is 0 Å². The number of benzene rings is 1. The van der Waals surface area contributed by atoms with Gasteiger partial charge in [0, 0.05) is 30.4 Å². The largest absolute Gasteiger partial charge is 0.493 e. The van der Waals surface area contributed by atoms with E-state index < -0.39 is 0 Å². The Morgan fingerprint density at radius 2 is 2.18 bits per heavy atom. The summed E-state index contributed by atoms with van der Waals surface area (Å²) in [6.45, 7) is 8.20. The van der Waals surface area contributed by atoms with Crippen LogP contribution in [0.5, 0.6) is 5.75 Å². The van der Waals surface area contributed by atoms with E-state index in [0.717, 1.165) is 47.7 Å². The quantitative estimate of drug-likeness (QED) is 0.615. The number of carbonyl (C=O) groups excluding carboxylic acids is 1. The Labute approximate surface area is 166 Å². The smallest absolute Gasteiger partial charge is 0.261 e. The highest BCUT2D eigenvalue weighted by Crippen LogP contribution is 2.26. The van der Waals surface area contributed by atoms with E-state index in [1.165, 1.54) is 0 Å². The Kier molecular flexibility index (Phi) is 6.20. The number of nitrogens with one attached hydrogen (secondary N) is 1. The van der Waals surface area contributed by atoms with E-state index in [2.05, 4.69) is 28.9 Å². The molecule has 5 nitrogen and oxygen atoms in total. The standard InChI is InChI=1S/C23H27N3O2/c1-4-9-26-16(2)10-20(17(26)3)12-21(13-24)23(27)25-14-18-11-19-7-5-6-8-22(19)28-15-18/h5-8,10,12,18H,4,9,11,14-15H2,1-3H3,(H,25,27)/b21-12+. The number of hydrogen-bond acceptors (Lipinski definition) is 3. The van der Waals surface area contributed by atoms with Crippen LogP contribution in [-0.2, 0) is 17.8 Å². The lowest BCUT2D eigenvalue weighted by atomic mass is 9.96. The molecule has 2 aromatic rings. The van der Waals surface area contributed by atoms with Crippen LogP contribution < -0.4 is 10.1 Å². The van der Waals surface area contributed by atoms with Gasteiger partial charge in [-0.15, -0.1) is 0 Å². The maximum Gasteiger partial charge on any atom is 0.261 e. The fraction of sp³-hybridized carbons (Fsp3) is 0.391. The molecule has 1 aliphatic rings. The van der Waals surface area contributed by atoms with Gasteiger partial charge < -0.3 is 14.6 Å². The molecule has 1 atom stereocenters. The number of para-hydroxylation sites is 1. The summed E-state index contributed by atoms with van der Waals surface area (Å²) < 4.78 is 7.99. The molecule has 1 amide bonds. The first kappa shape index (κ1) is 19.8. The Hall–Kier alpha value is -3.00. The topological polar surface area (TPSA) is 67.0 Å². The second-order valence-electron chi connectivity index (χ2n) is 7.35. The average Bonchev–Trinajstić information content (AvgIpc) is 2.97. The van der Waals surface area contributed by atoms with Crippen LogP contribution in [0.4, 0.5) is 0 Å². The van der Waals surface area contributed by atoms with E-state index in [4.69, 9.17) is 4.74 Å². The molecule has 1 N–H and O–H groups in total. The highest BCUT2D eigenvalue weighted by atomic mass is 16.5. The number of nitriles is 1. The van der Waals surface area contributed by atoms with Crippen LogP contribution in [0.2, 0.25) is 0 Å². The first-order chi connectivity index (χ1) is 13.5. The van der Waals surface area contributed by atoms with E-state index >= 15 is 0 Å². The van der Waals surface area contributed by atoms with Crippen LogP contribution in [-0.4, -0.2) is 23.6 Å². The lowest BCUT2D eigenvalue weighted by Gasteiger charge is -2.25. The van der Waals surface area contributed by atoms with Gasteiger partial charge >= 0.3 is 0 Å². The molecule has 0 radical (unpaired) electrons. The molecule has 0 saturated carbocycles. The van der Waals surface area contributed by atoms with Gasteiger partial charge in [0.05, 0.1) is 6.61 Å². The molecule has 5 heteroatoms. The molecule has 0 spiro atoms. The van der Waals surface area contributed by atoms with Crippen molar-refractivity contribution in [2.24, 2.45) is 5.92 Å². The predicted molar refractivity (Wildman–Crippen MR) is 110 cm³/mol. The fourth-order valence-electron chi connectivity index (χ4n) is 3.70. The number of hydrogen-bond donors (Lipinski definition) is 1. The molecule has 3 rings (SSSR count). The third kappa shape index (κ3) is 4.28. The van der Waals surface area contributed by atoms with Crippen molar-refractivity contribution in [1.82, 2.24) is 9.88 Å². The SMILES string of the molecule is CCCn1c(C)cc(/C=C(\C#N)C(=O)NCC2COc3ccccc3C2)c1C. The van der Waals surface area contributed by atoms with Crippen LogP contribution in [0.25, 0.3) is 6.08 Å². The first-order valence-electron chi connectivity index (χ1n) is 9.80. The van der Waals surface area contributed by atoms with Crippen molar-refractivity contribution in [3.63, 3.8) is 0 Å². The molecule has 1 aliphatic heterocycles. The second kappa shape index (κ2) is 8.79. The Bertz CT molecular complexity index is 934. The van der Waals surface area contributed by atoms with Gasteiger partial charge in [-0.2, -0.15) is 5.26 Å². The van der Waals surface area contributed by atoms with E-state index in [1.807, 2.05) is 38.1 Å². The second-order valence-corrected chi connectivity index (χ2v) is 7.35. The van der Waals surface area contributed by atoms with E-state index in [9.17, 15) is 10.1 Å². The van der Waals surface area contributed by atoms with Gasteiger partial charge in [-0.1, -0.05) is 25.1 Å². The number of nitrogens with zero attached hydrogens (tertiary/aromatic N) is 2. The van der Waals surface area contributed by atoms with Crippen LogP contribution in [0.1, 0.15) is 35.9 Å². The Morgan fingerprint density at radius 3 is 2.93 bits per heavy atom. The van der Waals surface area contributed by atoms with Crippen LogP contribution in [0, 0.1) is 31.1 Å². The first-order valence-corrected chi connectivity index (χ1v) is 9.80. The lowest BCUT2D eigenvalue weighted by molar-refractivity contribution is -0.117. The van der Waals surface area contributed by atoms with E-state index in [0.29, 0.717) is 13.2 Å². The summed E-state index contributed by atoms with van der Waals surface area (Å²) in [6, 6.07) is 12.1. The highest BCUT2D eigenvalue weighted by Gasteiger charge is 2.21. The van der Waals surface area contributed by atoms with Crippen molar-refractivity contribution in [2.45, 2.75) is 40.2 Å². The minimum absolute atomic E-state index is 0.133. The third-order valence-electron chi connectivity index (χ3n) is 5.23. The maximum absolute atomic E-state index is 12.5. The van der Waals surface area contributed by atoms with E-state index in [1.54, 1.807) is 6.08 Å². The molecule has 2 heterocycles. The predicted octanol–water partition coefficient (Wildman–Crippen LogP) is 3.79. The molecule has 0 fully saturated rings. The molecule has 1 unspecified atom stereocenters. The molecule has 1 aromatic carbocycles. The number of rotatable bonds is 6. The zero-order valence-corrected chi connectivity index (χ0v) is 16.8. The Morgan fingerprint density at radius 1 is 1.39 bits per heavy atom. The summed E-state index contributed by atoms with van der Waals surface area (Å²) in [6.07, 6.45) is 3.59. The van der Waals surface area contributed by atoms with Gasteiger partial charge in [0.25, 0.3) is 5.91 Å². The molecular weight excluding hydrogens is 350 g/mol. The fourth-order valence-corrected chi connectivity index (χ4v) is 3.70. The normalized spacial score (nSPS) is 16.1. The van der Waals surface area contributed by atoms with Gasteiger partial charge in [-0.3, -0.25) is 4.79 Å². The van der Waals surface area contributed by atoms with Crippen molar-refractivity contribution in [3.05, 3.63) is 58.4 Å². The summed E-state index contributed by atoms with van der Waals surface area (Å²) in [5.74, 6) is 0.792. The molecule has 0 saturated heterocycles. The zero-order chi connectivity index (χ0) is 20.1. The van der Waals surface area contributed by atoms with Gasteiger partial charge in [-0.05, 0) is 56.0 Å². The number of amides is 1. The summed E-state index contributed by atoms with van der Waals surface area (Å²) in [5, 5.41) is 12.4.